The van der Waals surface area contributed by atoms with Crippen LogP contribution in [0.15, 0.2) is 28.7 Å². The van der Waals surface area contributed by atoms with Gasteiger partial charge in [-0.2, -0.15) is 10.2 Å². The number of ether oxygens (including phenoxy) is 1. The number of rotatable bonds is 6. The number of quaternary nitrogens is 1. The van der Waals surface area contributed by atoms with Crippen molar-refractivity contribution in [3.05, 3.63) is 35.0 Å². The Morgan fingerprint density at radius 1 is 1.33 bits per heavy atom. The first-order chi connectivity index (χ1) is 11.8. The van der Waals surface area contributed by atoms with Crippen molar-refractivity contribution in [3.63, 3.8) is 0 Å². The highest BCUT2D eigenvalue weighted by Gasteiger charge is 2.16. The van der Waals surface area contributed by atoms with E-state index >= 15 is 0 Å². The van der Waals surface area contributed by atoms with Crippen LogP contribution >= 0.6 is 11.6 Å². The molecule has 0 bridgehead atoms. The van der Waals surface area contributed by atoms with E-state index in [2.05, 4.69) is 16.4 Å². The van der Waals surface area contributed by atoms with E-state index < -0.39 is 0 Å². The number of nitriles is 1. The summed E-state index contributed by atoms with van der Waals surface area (Å²) in [5.41, 5.74) is 1.02. The van der Waals surface area contributed by atoms with Gasteiger partial charge in [0.1, 0.15) is 19.2 Å². The molecule has 2 aromatic rings. The molecule has 7 heteroatoms. The molecular formula is C17H20ClN4O2+. The van der Waals surface area contributed by atoms with Crippen molar-refractivity contribution in [2.45, 2.75) is 6.42 Å². The Balaban J connectivity index is 1.58. The van der Waals surface area contributed by atoms with Crippen LogP contribution in [0.5, 0.6) is 0 Å². The molecule has 0 radical (unpaired) electrons. The smallest absolute Gasteiger partial charge is 0.232 e. The molecule has 6 nitrogen and oxygen atoms in total. The third kappa shape index (κ3) is 4.26. The molecule has 0 aliphatic carbocycles. The van der Waals surface area contributed by atoms with Crippen LogP contribution < -0.4 is 10.2 Å². The van der Waals surface area contributed by atoms with Crippen molar-refractivity contribution in [1.29, 1.82) is 5.26 Å². The Morgan fingerprint density at radius 2 is 2.17 bits per heavy atom. The Kier molecular flexibility index (Phi) is 5.70. The number of hydrogen-bond acceptors (Lipinski definition) is 5. The van der Waals surface area contributed by atoms with Crippen LogP contribution in [0.2, 0.25) is 5.02 Å². The van der Waals surface area contributed by atoms with Crippen molar-refractivity contribution >= 4 is 17.5 Å². The van der Waals surface area contributed by atoms with E-state index in [1.54, 1.807) is 17.0 Å². The lowest BCUT2D eigenvalue weighted by molar-refractivity contribution is -0.908. The molecule has 126 valence electrons. The van der Waals surface area contributed by atoms with Gasteiger partial charge in [0, 0.05) is 23.6 Å². The summed E-state index contributed by atoms with van der Waals surface area (Å²) >= 11 is 5.99. The fourth-order valence-corrected chi connectivity index (χ4v) is 2.90. The van der Waals surface area contributed by atoms with Crippen LogP contribution in [0.25, 0.3) is 11.5 Å². The number of benzene rings is 1. The lowest BCUT2D eigenvalue weighted by atomic mass is 10.2. The predicted octanol–water partition coefficient (Wildman–Crippen LogP) is 1.58. The van der Waals surface area contributed by atoms with Crippen LogP contribution in [-0.2, 0) is 4.74 Å². The van der Waals surface area contributed by atoms with E-state index in [0.29, 0.717) is 16.8 Å². The highest BCUT2D eigenvalue weighted by Crippen LogP contribution is 2.26. The van der Waals surface area contributed by atoms with Crippen molar-refractivity contribution in [2.75, 3.05) is 44.7 Å². The highest BCUT2D eigenvalue weighted by atomic mass is 35.5. The number of nitrogens with one attached hydrogen (secondary N) is 2. The molecule has 0 atom stereocenters. The van der Waals surface area contributed by atoms with Crippen molar-refractivity contribution in [2.24, 2.45) is 0 Å². The number of morpholine rings is 1. The minimum Gasteiger partial charge on any atom is -0.419 e. The van der Waals surface area contributed by atoms with E-state index in [9.17, 15) is 5.26 Å². The maximum Gasteiger partial charge on any atom is 0.232 e. The summed E-state index contributed by atoms with van der Waals surface area (Å²) < 4.78 is 11.1. The SMILES string of the molecule is N#Cc1nc(-c2cccc(Cl)c2)oc1NCCC[NH+]1CCOCC1. The van der Waals surface area contributed by atoms with Crippen LogP contribution in [0.4, 0.5) is 5.88 Å². The minimum atomic E-state index is 0.267. The summed E-state index contributed by atoms with van der Waals surface area (Å²) in [6, 6.07) is 9.29. The maximum atomic E-state index is 9.24. The zero-order valence-electron chi connectivity index (χ0n) is 13.3. The van der Waals surface area contributed by atoms with Gasteiger partial charge in [-0.1, -0.05) is 17.7 Å². The molecule has 1 fully saturated rings. The molecule has 24 heavy (non-hydrogen) atoms. The molecule has 1 aromatic carbocycles. The summed E-state index contributed by atoms with van der Waals surface area (Å²) in [5, 5.41) is 13.0. The molecule has 0 unspecified atom stereocenters. The second-order valence-corrected chi connectivity index (χ2v) is 6.15. The second kappa shape index (κ2) is 8.15. The summed E-state index contributed by atoms with van der Waals surface area (Å²) in [6.07, 6.45) is 0.993. The molecule has 1 aliphatic rings. The van der Waals surface area contributed by atoms with E-state index in [-0.39, 0.29) is 5.69 Å². The monoisotopic (exact) mass is 347 g/mol. The van der Waals surface area contributed by atoms with Crippen LogP contribution in [0.3, 0.4) is 0 Å². The molecule has 1 saturated heterocycles. The topological polar surface area (TPSA) is 75.5 Å². The summed E-state index contributed by atoms with van der Waals surface area (Å²) in [7, 11) is 0. The zero-order valence-corrected chi connectivity index (χ0v) is 14.1. The molecule has 0 saturated carbocycles. The number of nitrogens with zero attached hydrogens (tertiary/aromatic N) is 2. The third-order valence-corrected chi connectivity index (χ3v) is 4.23. The number of hydrogen-bond donors (Lipinski definition) is 2. The first kappa shape index (κ1) is 16.8. The highest BCUT2D eigenvalue weighted by molar-refractivity contribution is 6.30. The molecule has 3 rings (SSSR count). The van der Waals surface area contributed by atoms with Gasteiger partial charge in [0.15, 0.2) is 0 Å². The van der Waals surface area contributed by atoms with Crippen LogP contribution in [0, 0.1) is 11.3 Å². The van der Waals surface area contributed by atoms with E-state index in [1.165, 1.54) is 0 Å². The van der Waals surface area contributed by atoms with E-state index in [0.717, 1.165) is 51.4 Å². The molecule has 0 amide bonds. The Bertz CT molecular complexity index is 720. The van der Waals surface area contributed by atoms with Gasteiger partial charge in [-0.3, -0.25) is 0 Å². The van der Waals surface area contributed by atoms with Gasteiger partial charge in [-0.25, -0.2) is 0 Å². The van der Waals surface area contributed by atoms with Crippen LogP contribution in [0.1, 0.15) is 12.1 Å². The molecular weight excluding hydrogens is 328 g/mol. The van der Waals surface area contributed by atoms with Crippen molar-refractivity contribution in [3.8, 4) is 17.5 Å². The second-order valence-electron chi connectivity index (χ2n) is 5.71. The Morgan fingerprint density at radius 3 is 2.92 bits per heavy atom. The number of halogens is 1. The number of oxazole rings is 1. The molecule has 2 N–H and O–H groups in total. The molecule has 1 aromatic heterocycles. The normalized spacial score (nSPS) is 15.2. The van der Waals surface area contributed by atoms with Crippen molar-refractivity contribution < 1.29 is 14.1 Å². The van der Waals surface area contributed by atoms with E-state index in [4.69, 9.17) is 20.8 Å². The zero-order chi connectivity index (χ0) is 16.8. The van der Waals surface area contributed by atoms with Gasteiger partial charge in [0.25, 0.3) is 0 Å². The predicted molar refractivity (Wildman–Crippen MR) is 91.2 cm³/mol. The Labute approximate surface area is 146 Å². The molecule has 1 aliphatic heterocycles. The van der Waals surface area contributed by atoms with Gasteiger partial charge in [0.2, 0.25) is 17.5 Å². The van der Waals surface area contributed by atoms with Gasteiger partial charge in [-0.05, 0) is 18.2 Å². The average Bonchev–Trinajstić information content (AvgIpc) is 3.03. The van der Waals surface area contributed by atoms with Gasteiger partial charge in [0.05, 0.1) is 19.8 Å². The number of aromatic nitrogens is 1. The third-order valence-electron chi connectivity index (χ3n) is 4.00. The minimum absolute atomic E-state index is 0.267. The van der Waals surface area contributed by atoms with Crippen LogP contribution in [-0.4, -0.2) is 44.4 Å². The largest absolute Gasteiger partial charge is 0.419 e. The molecule has 0 spiro atoms. The number of anilines is 1. The van der Waals surface area contributed by atoms with E-state index in [1.807, 2.05) is 12.1 Å². The van der Waals surface area contributed by atoms with Gasteiger partial charge < -0.3 is 19.4 Å². The molecule has 2 heterocycles. The average molecular weight is 348 g/mol. The maximum absolute atomic E-state index is 9.24. The quantitative estimate of drug-likeness (QED) is 0.776. The van der Waals surface area contributed by atoms with Gasteiger partial charge in [-0.15, -0.1) is 0 Å². The lowest BCUT2D eigenvalue weighted by Crippen LogP contribution is -3.14. The summed E-state index contributed by atoms with van der Waals surface area (Å²) in [6.45, 7) is 5.62. The summed E-state index contributed by atoms with van der Waals surface area (Å²) in [4.78, 5) is 5.79. The fraction of sp³-hybridized carbons (Fsp3) is 0.412. The van der Waals surface area contributed by atoms with Crippen molar-refractivity contribution in [1.82, 2.24) is 4.98 Å². The lowest BCUT2D eigenvalue weighted by Gasteiger charge is -2.23. The fourth-order valence-electron chi connectivity index (χ4n) is 2.71. The summed E-state index contributed by atoms with van der Waals surface area (Å²) in [5.74, 6) is 0.819. The van der Waals surface area contributed by atoms with Gasteiger partial charge >= 0.3 is 0 Å². The standard InChI is InChI=1S/C17H19ClN4O2/c18-14-4-1-3-13(11-14)16-21-15(12-19)17(24-16)20-5-2-6-22-7-9-23-10-8-22/h1,3-4,11,20H,2,5-10H2/p+1. The first-order valence-corrected chi connectivity index (χ1v) is 8.46. The Hall–Kier alpha value is -2.07. The first-order valence-electron chi connectivity index (χ1n) is 8.08.